The van der Waals surface area contributed by atoms with Gasteiger partial charge >= 0.3 is 0 Å². The summed E-state index contributed by atoms with van der Waals surface area (Å²) in [6.07, 6.45) is 3.99. The van der Waals surface area contributed by atoms with E-state index in [1.165, 1.54) is 5.56 Å². The first-order valence-corrected chi connectivity index (χ1v) is 10.4. The highest BCUT2D eigenvalue weighted by molar-refractivity contribution is 7.91. The molecule has 0 N–H and O–H groups in total. The molecular weight excluding hydrogens is 310 g/mol. The molecule has 0 radical (unpaired) electrons. The SMILES string of the molecule is CCc1cccc(CC(=O)N2CCCS(=O)(=O)CC2C2CC2)c1. The molecule has 0 bridgehead atoms. The van der Waals surface area contributed by atoms with Gasteiger partial charge in [-0.3, -0.25) is 4.79 Å². The van der Waals surface area contributed by atoms with Crippen molar-refractivity contribution in [1.82, 2.24) is 4.90 Å². The lowest BCUT2D eigenvalue weighted by atomic mass is 10.0. The zero-order chi connectivity index (χ0) is 16.4. The van der Waals surface area contributed by atoms with Crippen LogP contribution < -0.4 is 0 Å². The monoisotopic (exact) mass is 335 g/mol. The van der Waals surface area contributed by atoms with Crippen molar-refractivity contribution in [2.45, 2.75) is 45.1 Å². The van der Waals surface area contributed by atoms with Gasteiger partial charge in [0.15, 0.2) is 9.84 Å². The number of aryl methyl sites for hydroxylation is 1. The molecule has 5 heteroatoms. The van der Waals surface area contributed by atoms with Gasteiger partial charge in [-0.15, -0.1) is 0 Å². The zero-order valence-electron chi connectivity index (χ0n) is 13.7. The molecule has 1 aliphatic heterocycles. The van der Waals surface area contributed by atoms with E-state index in [1.54, 1.807) is 0 Å². The summed E-state index contributed by atoms with van der Waals surface area (Å²) in [7, 11) is -3.02. The summed E-state index contributed by atoms with van der Waals surface area (Å²) in [4.78, 5) is 14.7. The number of hydrogen-bond donors (Lipinski definition) is 0. The summed E-state index contributed by atoms with van der Waals surface area (Å²) in [6, 6.07) is 8.02. The maximum absolute atomic E-state index is 12.8. The van der Waals surface area contributed by atoms with Crippen LogP contribution in [-0.2, 0) is 27.5 Å². The van der Waals surface area contributed by atoms with E-state index in [-0.39, 0.29) is 23.5 Å². The van der Waals surface area contributed by atoms with Crippen molar-refractivity contribution in [3.8, 4) is 0 Å². The Morgan fingerprint density at radius 2 is 2.00 bits per heavy atom. The van der Waals surface area contributed by atoms with E-state index in [2.05, 4.69) is 19.1 Å². The van der Waals surface area contributed by atoms with Crippen LogP contribution in [0.3, 0.4) is 0 Å². The van der Waals surface area contributed by atoms with Crippen LogP contribution in [0.1, 0.15) is 37.3 Å². The van der Waals surface area contributed by atoms with Crippen molar-refractivity contribution in [2.75, 3.05) is 18.1 Å². The van der Waals surface area contributed by atoms with Gasteiger partial charge in [-0.05, 0) is 42.7 Å². The molecular formula is C18H25NO3S. The lowest BCUT2D eigenvalue weighted by Gasteiger charge is -2.29. The van der Waals surface area contributed by atoms with E-state index in [0.717, 1.165) is 24.8 Å². The number of amides is 1. The fourth-order valence-electron chi connectivity index (χ4n) is 3.47. The van der Waals surface area contributed by atoms with Crippen molar-refractivity contribution in [3.63, 3.8) is 0 Å². The number of carbonyl (C=O) groups is 1. The fraction of sp³-hybridized carbons (Fsp3) is 0.611. The summed E-state index contributed by atoms with van der Waals surface area (Å²) < 4.78 is 24.2. The Morgan fingerprint density at radius 1 is 1.26 bits per heavy atom. The molecule has 1 heterocycles. The Hall–Kier alpha value is -1.36. The third-order valence-electron chi connectivity index (χ3n) is 4.92. The highest BCUT2D eigenvalue weighted by Gasteiger charge is 2.41. The second kappa shape index (κ2) is 6.63. The van der Waals surface area contributed by atoms with E-state index < -0.39 is 9.84 Å². The van der Waals surface area contributed by atoms with Crippen LogP contribution in [-0.4, -0.2) is 43.3 Å². The van der Waals surface area contributed by atoms with Crippen LogP contribution in [0.2, 0.25) is 0 Å². The maximum Gasteiger partial charge on any atom is 0.227 e. The van der Waals surface area contributed by atoms with Crippen LogP contribution in [0.5, 0.6) is 0 Å². The molecule has 1 aromatic carbocycles. The van der Waals surface area contributed by atoms with Gasteiger partial charge in [0.2, 0.25) is 5.91 Å². The number of sulfone groups is 1. The van der Waals surface area contributed by atoms with Crippen molar-refractivity contribution < 1.29 is 13.2 Å². The smallest absolute Gasteiger partial charge is 0.227 e. The summed E-state index contributed by atoms with van der Waals surface area (Å²) in [5, 5.41) is 0. The highest BCUT2D eigenvalue weighted by Crippen LogP contribution is 2.37. The molecule has 1 saturated heterocycles. The third-order valence-corrected chi connectivity index (χ3v) is 6.68. The van der Waals surface area contributed by atoms with E-state index in [4.69, 9.17) is 0 Å². The van der Waals surface area contributed by atoms with Crippen LogP contribution in [0.25, 0.3) is 0 Å². The second-order valence-electron chi connectivity index (χ2n) is 6.81. The molecule has 2 aliphatic rings. The molecule has 3 rings (SSSR count). The summed E-state index contributed by atoms with van der Waals surface area (Å²) in [5.41, 5.74) is 2.25. The van der Waals surface area contributed by atoms with Crippen LogP contribution in [0, 0.1) is 5.92 Å². The van der Waals surface area contributed by atoms with Crippen molar-refractivity contribution in [3.05, 3.63) is 35.4 Å². The Labute approximate surface area is 138 Å². The maximum atomic E-state index is 12.8. The Bertz CT molecular complexity index is 679. The summed E-state index contributed by atoms with van der Waals surface area (Å²) in [5.74, 6) is 0.824. The molecule has 1 saturated carbocycles. The highest BCUT2D eigenvalue weighted by atomic mass is 32.2. The molecule has 126 valence electrons. The lowest BCUT2D eigenvalue weighted by Crippen LogP contribution is -2.44. The van der Waals surface area contributed by atoms with E-state index >= 15 is 0 Å². The van der Waals surface area contributed by atoms with Crippen molar-refractivity contribution in [2.24, 2.45) is 5.92 Å². The minimum atomic E-state index is -3.02. The normalized spacial score (nSPS) is 24.2. The number of benzene rings is 1. The van der Waals surface area contributed by atoms with Crippen molar-refractivity contribution in [1.29, 1.82) is 0 Å². The quantitative estimate of drug-likeness (QED) is 0.848. The van der Waals surface area contributed by atoms with Gasteiger partial charge < -0.3 is 4.90 Å². The molecule has 1 amide bonds. The van der Waals surface area contributed by atoms with Crippen LogP contribution in [0.4, 0.5) is 0 Å². The van der Waals surface area contributed by atoms with E-state index in [0.29, 0.717) is 25.3 Å². The molecule has 0 spiro atoms. The van der Waals surface area contributed by atoms with Gasteiger partial charge in [0.05, 0.1) is 17.9 Å². The van der Waals surface area contributed by atoms with Gasteiger partial charge in [0.1, 0.15) is 0 Å². The third kappa shape index (κ3) is 4.14. The zero-order valence-corrected chi connectivity index (χ0v) is 14.5. The lowest BCUT2D eigenvalue weighted by molar-refractivity contribution is -0.132. The van der Waals surface area contributed by atoms with Crippen LogP contribution in [0.15, 0.2) is 24.3 Å². The molecule has 23 heavy (non-hydrogen) atoms. The van der Waals surface area contributed by atoms with E-state index in [1.807, 2.05) is 17.0 Å². The molecule has 1 aromatic rings. The number of hydrogen-bond acceptors (Lipinski definition) is 3. The first kappa shape index (κ1) is 16.5. The number of rotatable bonds is 4. The molecule has 4 nitrogen and oxygen atoms in total. The Kier molecular flexibility index (Phi) is 4.76. The largest absolute Gasteiger partial charge is 0.338 e. The summed E-state index contributed by atoms with van der Waals surface area (Å²) >= 11 is 0. The van der Waals surface area contributed by atoms with Gasteiger partial charge in [0.25, 0.3) is 0 Å². The number of carbonyl (C=O) groups excluding carboxylic acids is 1. The van der Waals surface area contributed by atoms with Crippen molar-refractivity contribution >= 4 is 15.7 Å². The minimum absolute atomic E-state index is 0.0762. The topological polar surface area (TPSA) is 54.5 Å². The fourth-order valence-corrected chi connectivity index (χ4v) is 5.18. The first-order chi connectivity index (χ1) is 11.0. The predicted octanol–water partition coefficient (Wildman–Crippen LogP) is 2.22. The van der Waals surface area contributed by atoms with Gasteiger partial charge in [-0.25, -0.2) is 8.42 Å². The predicted molar refractivity (Wildman–Crippen MR) is 91.0 cm³/mol. The molecule has 1 aliphatic carbocycles. The molecule has 1 unspecified atom stereocenters. The van der Waals surface area contributed by atoms with Crippen LogP contribution >= 0.6 is 0 Å². The molecule has 0 aromatic heterocycles. The van der Waals surface area contributed by atoms with Gasteiger partial charge in [0, 0.05) is 12.6 Å². The number of nitrogens with zero attached hydrogens (tertiary/aromatic N) is 1. The average molecular weight is 335 g/mol. The van der Waals surface area contributed by atoms with Gasteiger partial charge in [-0.2, -0.15) is 0 Å². The standard InChI is InChI=1S/C18H25NO3S/c1-2-14-5-3-6-15(11-14)12-18(20)19-9-4-10-23(21,22)13-17(19)16-7-8-16/h3,5-6,11,16-17H,2,4,7-10,12-13H2,1H3. The summed E-state index contributed by atoms with van der Waals surface area (Å²) in [6.45, 7) is 2.68. The first-order valence-electron chi connectivity index (χ1n) is 8.56. The second-order valence-corrected chi connectivity index (χ2v) is 9.04. The van der Waals surface area contributed by atoms with E-state index in [9.17, 15) is 13.2 Å². The average Bonchev–Trinajstić information content (AvgIpc) is 3.34. The molecule has 1 atom stereocenters. The molecule has 2 fully saturated rings. The Balaban J connectivity index is 1.76. The minimum Gasteiger partial charge on any atom is -0.338 e. The Morgan fingerprint density at radius 3 is 2.70 bits per heavy atom. The van der Waals surface area contributed by atoms with Gasteiger partial charge in [-0.1, -0.05) is 31.2 Å².